The molecular formula is C20H22Cl2N4O3. The molecule has 2 N–H and O–H groups in total. The molecule has 1 saturated heterocycles. The van der Waals surface area contributed by atoms with Crippen molar-refractivity contribution in [1.82, 2.24) is 9.88 Å². The Hall–Kier alpha value is -2.51. The smallest absolute Gasteiger partial charge is 0.252 e. The second-order valence-corrected chi connectivity index (χ2v) is 7.40. The Morgan fingerprint density at radius 3 is 2.59 bits per heavy atom. The standard InChI is InChI=1S/C20H22Cl2N4O3/c21-15-5-1-6-16(18(15)22)29-13-3-7-17(27)25-9-11-26(12-10-25)20-14(19(23)28)4-2-8-24-20/h1-2,4-6,8H,3,7,9-13H2,(H2,23,28). The third-order valence-electron chi connectivity index (χ3n) is 4.69. The second kappa shape index (κ2) is 9.80. The predicted molar refractivity (Wildman–Crippen MR) is 113 cm³/mol. The van der Waals surface area contributed by atoms with Gasteiger partial charge in [-0.25, -0.2) is 4.98 Å². The molecule has 0 saturated carbocycles. The Bertz CT molecular complexity index is 886. The molecule has 0 spiro atoms. The number of piperazine rings is 1. The SMILES string of the molecule is NC(=O)c1cccnc1N1CCN(C(=O)CCCOc2cccc(Cl)c2Cl)CC1. The molecule has 3 rings (SSSR count). The fourth-order valence-corrected chi connectivity index (χ4v) is 3.51. The van der Waals surface area contributed by atoms with Gasteiger partial charge in [-0.3, -0.25) is 9.59 Å². The molecule has 1 aromatic heterocycles. The highest BCUT2D eigenvalue weighted by Crippen LogP contribution is 2.31. The van der Waals surface area contributed by atoms with Crippen LogP contribution in [0.3, 0.4) is 0 Å². The number of ether oxygens (including phenoxy) is 1. The highest BCUT2D eigenvalue weighted by Gasteiger charge is 2.24. The summed E-state index contributed by atoms with van der Waals surface area (Å²) in [5.74, 6) is 0.646. The summed E-state index contributed by atoms with van der Waals surface area (Å²) in [5.41, 5.74) is 5.82. The Kier molecular flexibility index (Phi) is 7.17. The number of anilines is 1. The lowest BCUT2D eigenvalue weighted by Gasteiger charge is -2.36. The van der Waals surface area contributed by atoms with Crippen LogP contribution in [-0.2, 0) is 4.79 Å². The molecule has 2 amide bonds. The van der Waals surface area contributed by atoms with Crippen molar-refractivity contribution in [2.45, 2.75) is 12.8 Å². The van der Waals surface area contributed by atoms with Crippen molar-refractivity contribution in [2.24, 2.45) is 5.73 Å². The van der Waals surface area contributed by atoms with E-state index in [1.165, 1.54) is 0 Å². The van der Waals surface area contributed by atoms with Gasteiger partial charge in [0.1, 0.15) is 16.6 Å². The van der Waals surface area contributed by atoms with Crippen molar-refractivity contribution >= 4 is 40.8 Å². The van der Waals surface area contributed by atoms with E-state index < -0.39 is 5.91 Å². The topological polar surface area (TPSA) is 88.8 Å². The van der Waals surface area contributed by atoms with E-state index in [-0.39, 0.29) is 5.91 Å². The number of carbonyl (C=O) groups is 2. The monoisotopic (exact) mass is 436 g/mol. The van der Waals surface area contributed by atoms with E-state index in [0.717, 1.165) is 0 Å². The minimum Gasteiger partial charge on any atom is -0.492 e. The number of hydrogen-bond acceptors (Lipinski definition) is 5. The van der Waals surface area contributed by atoms with Crippen LogP contribution in [0.1, 0.15) is 23.2 Å². The largest absolute Gasteiger partial charge is 0.492 e. The van der Waals surface area contributed by atoms with Gasteiger partial charge < -0.3 is 20.3 Å². The highest BCUT2D eigenvalue weighted by atomic mass is 35.5. The zero-order valence-electron chi connectivity index (χ0n) is 15.8. The van der Waals surface area contributed by atoms with E-state index in [2.05, 4.69) is 4.98 Å². The molecule has 1 fully saturated rings. The van der Waals surface area contributed by atoms with Crippen molar-refractivity contribution in [3.05, 3.63) is 52.1 Å². The van der Waals surface area contributed by atoms with E-state index in [1.807, 2.05) is 9.80 Å². The summed E-state index contributed by atoms with van der Waals surface area (Å²) >= 11 is 12.0. The normalized spacial score (nSPS) is 14.0. The van der Waals surface area contributed by atoms with Crippen molar-refractivity contribution in [3.8, 4) is 5.75 Å². The van der Waals surface area contributed by atoms with E-state index in [1.54, 1.807) is 36.5 Å². The van der Waals surface area contributed by atoms with Gasteiger partial charge in [0.2, 0.25) is 5.91 Å². The summed E-state index contributed by atoms with van der Waals surface area (Å²) in [6, 6.07) is 8.54. The zero-order chi connectivity index (χ0) is 20.8. The summed E-state index contributed by atoms with van der Waals surface area (Å²) in [7, 11) is 0. The van der Waals surface area contributed by atoms with Gasteiger partial charge >= 0.3 is 0 Å². The first-order valence-electron chi connectivity index (χ1n) is 9.31. The maximum absolute atomic E-state index is 12.5. The summed E-state index contributed by atoms with van der Waals surface area (Å²) in [4.78, 5) is 32.1. The minimum atomic E-state index is -0.508. The van der Waals surface area contributed by atoms with Crippen LogP contribution in [0.4, 0.5) is 5.82 Å². The molecule has 0 radical (unpaired) electrons. The Balaban J connectivity index is 1.45. The fourth-order valence-electron chi connectivity index (χ4n) is 3.17. The number of halogens is 2. The lowest BCUT2D eigenvalue weighted by Crippen LogP contribution is -2.49. The lowest BCUT2D eigenvalue weighted by molar-refractivity contribution is -0.131. The number of primary amides is 1. The Morgan fingerprint density at radius 1 is 1.10 bits per heavy atom. The molecule has 1 aliphatic heterocycles. The van der Waals surface area contributed by atoms with Gasteiger partial charge in [0.15, 0.2) is 0 Å². The Morgan fingerprint density at radius 2 is 1.86 bits per heavy atom. The van der Waals surface area contributed by atoms with Crippen LogP contribution in [-0.4, -0.2) is 54.5 Å². The van der Waals surface area contributed by atoms with Crippen molar-refractivity contribution < 1.29 is 14.3 Å². The van der Waals surface area contributed by atoms with Crippen molar-refractivity contribution in [2.75, 3.05) is 37.7 Å². The van der Waals surface area contributed by atoms with Crippen LogP contribution in [0.25, 0.3) is 0 Å². The number of benzene rings is 1. The fraction of sp³-hybridized carbons (Fsp3) is 0.350. The highest BCUT2D eigenvalue weighted by molar-refractivity contribution is 6.42. The second-order valence-electron chi connectivity index (χ2n) is 6.61. The predicted octanol–water partition coefficient (Wildman–Crippen LogP) is 3.00. The number of pyridine rings is 1. The molecule has 0 atom stereocenters. The quantitative estimate of drug-likeness (QED) is 0.673. The van der Waals surface area contributed by atoms with Crippen LogP contribution >= 0.6 is 23.2 Å². The molecule has 2 heterocycles. The van der Waals surface area contributed by atoms with E-state index in [4.69, 9.17) is 33.7 Å². The number of hydrogen-bond donors (Lipinski definition) is 1. The Labute approximate surface area is 179 Å². The van der Waals surface area contributed by atoms with Crippen molar-refractivity contribution in [1.29, 1.82) is 0 Å². The molecule has 1 aromatic carbocycles. The van der Waals surface area contributed by atoms with Gasteiger partial charge in [-0.2, -0.15) is 0 Å². The molecule has 1 aliphatic rings. The third-order valence-corrected chi connectivity index (χ3v) is 5.49. The number of nitrogens with zero attached hydrogens (tertiary/aromatic N) is 3. The first-order chi connectivity index (χ1) is 14.0. The van der Waals surface area contributed by atoms with Gasteiger partial charge in [0.25, 0.3) is 5.91 Å². The molecule has 7 nitrogen and oxygen atoms in total. The summed E-state index contributed by atoms with van der Waals surface area (Å²) < 4.78 is 5.62. The number of rotatable bonds is 7. The number of aromatic nitrogens is 1. The average molecular weight is 437 g/mol. The molecule has 0 unspecified atom stereocenters. The van der Waals surface area contributed by atoms with Gasteiger partial charge in [0.05, 0.1) is 17.2 Å². The third kappa shape index (κ3) is 5.31. The summed E-state index contributed by atoms with van der Waals surface area (Å²) in [5, 5.41) is 0.812. The molecule has 0 bridgehead atoms. The minimum absolute atomic E-state index is 0.0709. The number of nitrogens with two attached hydrogens (primary N) is 1. The van der Waals surface area contributed by atoms with Crippen molar-refractivity contribution in [3.63, 3.8) is 0 Å². The zero-order valence-corrected chi connectivity index (χ0v) is 17.3. The maximum atomic E-state index is 12.5. The molecule has 29 heavy (non-hydrogen) atoms. The number of carbonyl (C=O) groups excluding carboxylic acids is 2. The summed E-state index contributed by atoms with van der Waals surface area (Å²) in [6.07, 6.45) is 2.59. The van der Waals surface area contributed by atoms with Crippen LogP contribution in [0.5, 0.6) is 5.75 Å². The van der Waals surface area contributed by atoms with Crippen LogP contribution in [0, 0.1) is 0 Å². The molecule has 2 aromatic rings. The first kappa shape index (κ1) is 21.2. The van der Waals surface area contributed by atoms with Gasteiger partial charge in [-0.1, -0.05) is 29.3 Å². The number of amides is 2. The average Bonchev–Trinajstić information content (AvgIpc) is 2.74. The maximum Gasteiger partial charge on any atom is 0.252 e. The lowest BCUT2D eigenvalue weighted by atomic mass is 10.2. The van der Waals surface area contributed by atoms with Gasteiger partial charge in [-0.05, 0) is 30.7 Å². The van der Waals surface area contributed by atoms with E-state index >= 15 is 0 Å². The first-order valence-corrected chi connectivity index (χ1v) is 10.1. The van der Waals surface area contributed by atoms with Crippen LogP contribution in [0.15, 0.2) is 36.5 Å². The van der Waals surface area contributed by atoms with E-state index in [0.29, 0.717) is 72.8 Å². The van der Waals surface area contributed by atoms with Gasteiger partial charge in [0, 0.05) is 38.8 Å². The van der Waals surface area contributed by atoms with E-state index in [9.17, 15) is 9.59 Å². The molecule has 9 heteroatoms. The molecule has 0 aliphatic carbocycles. The van der Waals surface area contributed by atoms with Crippen LogP contribution in [0.2, 0.25) is 10.0 Å². The molecular weight excluding hydrogens is 415 g/mol. The van der Waals surface area contributed by atoms with Crippen LogP contribution < -0.4 is 15.4 Å². The summed E-state index contributed by atoms with van der Waals surface area (Å²) in [6.45, 7) is 2.69. The van der Waals surface area contributed by atoms with Gasteiger partial charge in [-0.15, -0.1) is 0 Å². The molecule has 154 valence electrons.